The zero-order valence-electron chi connectivity index (χ0n) is 14.0. The van der Waals surface area contributed by atoms with Crippen LogP contribution in [0.15, 0.2) is 28.7 Å². The fourth-order valence-electron chi connectivity index (χ4n) is 2.73. The van der Waals surface area contributed by atoms with Crippen molar-refractivity contribution in [3.63, 3.8) is 0 Å². The van der Waals surface area contributed by atoms with Gasteiger partial charge in [-0.15, -0.1) is 0 Å². The van der Waals surface area contributed by atoms with Crippen LogP contribution in [0.25, 0.3) is 0 Å². The van der Waals surface area contributed by atoms with Crippen LogP contribution >= 0.6 is 0 Å². The summed E-state index contributed by atoms with van der Waals surface area (Å²) in [6.45, 7) is 3.12. The number of anilines is 1. The number of hydrogen-bond donors (Lipinski definition) is 3. The van der Waals surface area contributed by atoms with Gasteiger partial charge >= 0.3 is 0 Å². The van der Waals surface area contributed by atoms with Crippen molar-refractivity contribution in [2.75, 3.05) is 11.9 Å². The number of carbonyl (C=O) groups is 2. The van der Waals surface area contributed by atoms with Crippen LogP contribution in [0.2, 0.25) is 0 Å². The summed E-state index contributed by atoms with van der Waals surface area (Å²) in [5.41, 5.74) is -0.438. The third-order valence-electron chi connectivity index (χ3n) is 4.20. The van der Waals surface area contributed by atoms with Gasteiger partial charge in [-0.05, 0) is 50.1 Å². The molecule has 2 heterocycles. The van der Waals surface area contributed by atoms with Crippen LogP contribution in [0.3, 0.4) is 0 Å². The number of benzene rings is 1. The maximum absolute atomic E-state index is 14.2. The first-order valence-corrected chi connectivity index (χ1v) is 7.96. The van der Waals surface area contributed by atoms with Crippen LogP contribution in [0.5, 0.6) is 0 Å². The Labute approximate surface area is 144 Å². The summed E-state index contributed by atoms with van der Waals surface area (Å²) in [4.78, 5) is 23.7. The summed E-state index contributed by atoms with van der Waals surface area (Å²) >= 11 is 0. The van der Waals surface area contributed by atoms with E-state index in [-0.39, 0.29) is 18.0 Å². The molecule has 0 fully saturated rings. The van der Waals surface area contributed by atoms with Gasteiger partial charge in [0, 0.05) is 12.1 Å². The molecule has 3 rings (SSSR count). The summed E-state index contributed by atoms with van der Waals surface area (Å²) in [5, 5.41) is 15.5. The highest BCUT2D eigenvalue weighted by Gasteiger charge is 2.28. The number of fused-ring (bicyclic) bond motifs is 1. The number of rotatable bonds is 4. The van der Waals surface area contributed by atoms with E-state index in [1.807, 2.05) is 0 Å². The normalized spacial score (nSPS) is 15.9. The quantitative estimate of drug-likeness (QED) is 0.792. The van der Waals surface area contributed by atoms with Crippen molar-refractivity contribution < 1.29 is 23.5 Å². The zero-order valence-corrected chi connectivity index (χ0v) is 14.0. The van der Waals surface area contributed by atoms with Gasteiger partial charge in [-0.25, -0.2) is 4.39 Å². The fourth-order valence-corrected chi connectivity index (χ4v) is 2.73. The molecule has 1 aromatic heterocycles. The van der Waals surface area contributed by atoms with Crippen molar-refractivity contribution in [2.24, 2.45) is 0 Å². The Morgan fingerprint density at radius 2 is 2.16 bits per heavy atom. The van der Waals surface area contributed by atoms with Gasteiger partial charge in [0.05, 0.1) is 12.1 Å². The Kier molecular flexibility index (Phi) is 4.34. The van der Waals surface area contributed by atoms with E-state index >= 15 is 0 Å². The molecule has 1 aromatic carbocycles. The standard InChI is InChI=1S/C18H19FN2O4/c1-10-3-5-15(25-10)18(2,24)9-20-17(23)12-7-11-4-6-16(22)21-14(11)8-13(12)19/h3,5,7-8,24H,4,6,9H2,1-2H3,(H,20,23)(H,21,22)/t18-/m0/s1. The predicted octanol–water partition coefficient (Wildman–Crippen LogP) is 2.25. The topological polar surface area (TPSA) is 91.6 Å². The summed E-state index contributed by atoms with van der Waals surface area (Å²) in [7, 11) is 0. The molecule has 7 heteroatoms. The monoisotopic (exact) mass is 346 g/mol. The van der Waals surface area contributed by atoms with Gasteiger partial charge in [-0.3, -0.25) is 9.59 Å². The third-order valence-corrected chi connectivity index (χ3v) is 4.20. The van der Waals surface area contributed by atoms with Gasteiger partial charge in [0.1, 0.15) is 22.9 Å². The van der Waals surface area contributed by atoms with Crippen LogP contribution in [0, 0.1) is 12.7 Å². The van der Waals surface area contributed by atoms with E-state index in [1.54, 1.807) is 19.1 Å². The Balaban J connectivity index is 1.74. The third kappa shape index (κ3) is 3.56. The van der Waals surface area contributed by atoms with Crippen molar-refractivity contribution >= 4 is 17.5 Å². The lowest BCUT2D eigenvalue weighted by molar-refractivity contribution is -0.116. The molecule has 132 valence electrons. The Morgan fingerprint density at radius 1 is 1.40 bits per heavy atom. The van der Waals surface area contributed by atoms with Crippen LogP contribution in [-0.2, 0) is 16.8 Å². The van der Waals surface area contributed by atoms with Gasteiger partial charge in [-0.2, -0.15) is 0 Å². The lowest BCUT2D eigenvalue weighted by Crippen LogP contribution is -2.38. The average molecular weight is 346 g/mol. The van der Waals surface area contributed by atoms with Gasteiger partial charge in [0.2, 0.25) is 5.91 Å². The number of hydrogen-bond acceptors (Lipinski definition) is 4. The maximum Gasteiger partial charge on any atom is 0.254 e. The second-order valence-electron chi connectivity index (χ2n) is 6.40. The predicted molar refractivity (Wildman–Crippen MR) is 88.7 cm³/mol. The first-order chi connectivity index (χ1) is 11.8. The fraction of sp³-hybridized carbons (Fsp3) is 0.333. The van der Waals surface area contributed by atoms with Crippen molar-refractivity contribution in [3.8, 4) is 0 Å². The molecule has 2 aromatic rings. The van der Waals surface area contributed by atoms with E-state index in [0.29, 0.717) is 35.6 Å². The Hall–Kier alpha value is -2.67. The largest absolute Gasteiger partial charge is 0.463 e. The van der Waals surface area contributed by atoms with E-state index in [9.17, 15) is 19.1 Å². The summed E-state index contributed by atoms with van der Waals surface area (Å²) < 4.78 is 19.6. The van der Waals surface area contributed by atoms with Crippen molar-refractivity contribution in [2.45, 2.75) is 32.3 Å². The van der Waals surface area contributed by atoms with Crippen LogP contribution in [-0.4, -0.2) is 23.5 Å². The molecule has 3 N–H and O–H groups in total. The van der Waals surface area contributed by atoms with Gasteiger partial charge in [-0.1, -0.05) is 0 Å². The molecule has 6 nitrogen and oxygen atoms in total. The number of halogens is 1. The van der Waals surface area contributed by atoms with Crippen LogP contribution in [0.4, 0.5) is 10.1 Å². The molecule has 0 saturated heterocycles. The van der Waals surface area contributed by atoms with E-state index in [4.69, 9.17) is 4.42 Å². The number of aliphatic hydroxyl groups is 1. The lowest BCUT2D eigenvalue weighted by atomic mass is 9.99. The molecule has 1 aliphatic rings. The Bertz CT molecular complexity index is 842. The number of amides is 2. The molecular weight excluding hydrogens is 327 g/mol. The lowest BCUT2D eigenvalue weighted by Gasteiger charge is -2.22. The zero-order chi connectivity index (χ0) is 18.2. The molecule has 2 amide bonds. The smallest absolute Gasteiger partial charge is 0.254 e. The minimum atomic E-state index is -1.41. The van der Waals surface area contributed by atoms with E-state index < -0.39 is 17.3 Å². The molecule has 1 aliphatic heterocycles. The minimum Gasteiger partial charge on any atom is -0.463 e. The highest BCUT2D eigenvalue weighted by atomic mass is 19.1. The molecule has 0 aliphatic carbocycles. The van der Waals surface area contributed by atoms with E-state index in [1.165, 1.54) is 13.0 Å². The summed E-state index contributed by atoms with van der Waals surface area (Å²) in [6, 6.07) is 5.92. The van der Waals surface area contributed by atoms with Crippen LogP contribution < -0.4 is 10.6 Å². The molecule has 0 bridgehead atoms. The van der Waals surface area contributed by atoms with Crippen molar-refractivity contribution in [3.05, 3.63) is 52.7 Å². The molecule has 1 atom stereocenters. The van der Waals surface area contributed by atoms with E-state index in [2.05, 4.69) is 10.6 Å². The highest BCUT2D eigenvalue weighted by molar-refractivity contribution is 5.98. The number of nitrogens with one attached hydrogen (secondary N) is 2. The number of aryl methyl sites for hydroxylation is 2. The van der Waals surface area contributed by atoms with E-state index in [0.717, 1.165) is 6.07 Å². The van der Waals surface area contributed by atoms with Gasteiger partial charge < -0.3 is 20.2 Å². The van der Waals surface area contributed by atoms with Crippen molar-refractivity contribution in [1.29, 1.82) is 0 Å². The summed E-state index contributed by atoms with van der Waals surface area (Å²) in [5.74, 6) is -0.579. The number of carbonyl (C=O) groups excluding carboxylic acids is 2. The SMILES string of the molecule is Cc1ccc([C@@](C)(O)CNC(=O)c2cc3c(cc2F)NC(=O)CC3)o1. The molecular formula is C18H19FN2O4. The van der Waals surface area contributed by atoms with Crippen LogP contribution in [0.1, 0.15) is 40.8 Å². The van der Waals surface area contributed by atoms with Crippen molar-refractivity contribution in [1.82, 2.24) is 5.32 Å². The second-order valence-corrected chi connectivity index (χ2v) is 6.40. The molecule has 25 heavy (non-hydrogen) atoms. The minimum absolute atomic E-state index is 0.124. The van der Waals surface area contributed by atoms with Gasteiger partial charge in [0.15, 0.2) is 0 Å². The first-order valence-electron chi connectivity index (χ1n) is 7.96. The molecule has 0 radical (unpaired) electrons. The number of furan rings is 1. The molecule has 0 saturated carbocycles. The average Bonchev–Trinajstić information content (AvgIpc) is 2.99. The van der Waals surface area contributed by atoms with Gasteiger partial charge in [0.25, 0.3) is 5.91 Å². The second kappa shape index (κ2) is 6.33. The highest BCUT2D eigenvalue weighted by Crippen LogP contribution is 2.26. The summed E-state index contributed by atoms with van der Waals surface area (Å²) in [6.07, 6.45) is 0.747. The maximum atomic E-state index is 14.2. The Morgan fingerprint density at radius 3 is 2.84 bits per heavy atom. The first kappa shape index (κ1) is 17.2. The molecule has 0 unspecified atom stereocenters. The molecule has 0 spiro atoms.